The number of halogens is 1. The van der Waals surface area contributed by atoms with Gasteiger partial charge in [-0.1, -0.05) is 6.07 Å². The molecule has 1 atom stereocenters. The van der Waals surface area contributed by atoms with Crippen LogP contribution in [0.4, 0.5) is 4.39 Å². The topological polar surface area (TPSA) is 25.2 Å². The Morgan fingerprint density at radius 3 is 2.76 bits per heavy atom. The summed E-state index contributed by atoms with van der Waals surface area (Å²) in [6.45, 7) is 1.92. The van der Waals surface area contributed by atoms with E-state index in [-0.39, 0.29) is 11.9 Å². The van der Waals surface area contributed by atoms with E-state index in [0.29, 0.717) is 0 Å². The van der Waals surface area contributed by atoms with Crippen LogP contribution >= 0.6 is 0 Å². The number of aryl methyl sites for hydroxylation is 1. The van der Waals surface area contributed by atoms with E-state index in [9.17, 15) is 4.39 Å². The molecule has 0 spiro atoms. The van der Waals surface area contributed by atoms with Gasteiger partial charge in [0.1, 0.15) is 11.6 Å². The fraction of sp³-hybridized carbons (Fsp3) is 0.286. The normalized spacial score (nSPS) is 12.6. The molecule has 0 aliphatic heterocycles. The average Bonchev–Trinajstić information content (AvgIpc) is 2.81. The molecular weight excluding hydrogens is 217 g/mol. The predicted octanol–water partition coefficient (Wildman–Crippen LogP) is 3.23. The molecule has 0 aliphatic rings. The third-order valence-electron chi connectivity index (χ3n) is 2.96. The van der Waals surface area contributed by atoms with Crippen LogP contribution in [0.3, 0.4) is 0 Å². The summed E-state index contributed by atoms with van der Waals surface area (Å²) >= 11 is 0. The molecule has 0 bridgehead atoms. The lowest BCUT2D eigenvalue weighted by Gasteiger charge is -2.15. The van der Waals surface area contributed by atoms with E-state index >= 15 is 0 Å². The largest absolute Gasteiger partial charge is 0.468 e. The van der Waals surface area contributed by atoms with Crippen LogP contribution in [0.1, 0.15) is 22.9 Å². The molecule has 17 heavy (non-hydrogen) atoms. The van der Waals surface area contributed by atoms with Gasteiger partial charge >= 0.3 is 0 Å². The zero-order chi connectivity index (χ0) is 12.3. The van der Waals surface area contributed by atoms with Gasteiger partial charge in [0.2, 0.25) is 0 Å². The summed E-state index contributed by atoms with van der Waals surface area (Å²) < 4.78 is 18.4. The van der Waals surface area contributed by atoms with E-state index in [4.69, 9.17) is 4.42 Å². The quantitative estimate of drug-likeness (QED) is 0.877. The third kappa shape index (κ3) is 2.74. The third-order valence-corrected chi connectivity index (χ3v) is 2.96. The van der Waals surface area contributed by atoms with Crippen LogP contribution in [-0.2, 0) is 6.42 Å². The molecule has 0 saturated heterocycles. The second-order valence-corrected chi connectivity index (χ2v) is 4.13. The van der Waals surface area contributed by atoms with Crippen LogP contribution in [-0.4, -0.2) is 7.05 Å². The highest BCUT2D eigenvalue weighted by Gasteiger charge is 2.14. The zero-order valence-corrected chi connectivity index (χ0v) is 10.0. The highest BCUT2D eigenvalue weighted by molar-refractivity contribution is 5.28. The Labute approximate surface area is 100 Å². The van der Waals surface area contributed by atoms with Gasteiger partial charge in [0.25, 0.3) is 0 Å². The minimum Gasteiger partial charge on any atom is -0.468 e. The molecule has 0 radical (unpaired) electrons. The SMILES string of the molecule is CNC(Cc1ccc(F)cc1C)c1ccco1. The minimum absolute atomic E-state index is 0.120. The standard InChI is InChI=1S/C14H16FNO/c1-10-8-12(15)6-5-11(10)9-13(16-2)14-4-3-7-17-14/h3-8,13,16H,9H2,1-2H3. The number of hydrogen-bond donors (Lipinski definition) is 1. The maximum Gasteiger partial charge on any atom is 0.123 e. The van der Waals surface area contributed by atoms with Crippen LogP contribution < -0.4 is 5.32 Å². The van der Waals surface area contributed by atoms with Crippen molar-refractivity contribution < 1.29 is 8.81 Å². The maximum atomic E-state index is 13.0. The highest BCUT2D eigenvalue weighted by atomic mass is 19.1. The highest BCUT2D eigenvalue weighted by Crippen LogP contribution is 2.21. The summed E-state index contributed by atoms with van der Waals surface area (Å²) in [6.07, 6.45) is 2.45. The van der Waals surface area contributed by atoms with E-state index in [1.807, 2.05) is 32.2 Å². The van der Waals surface area contributed by atoms with Gasteiger partial charge in [0.05, 0.1) is 12.3 Å². The van der Waals surface area contributed by atoms with Crippen LogP contribution in [0.25, 0.3) is 0 Å². The Morgan fingerprint density at radius 2 is 2.18 bits per heavy atom. The summed E-state index contributed by atoms with van der Waals surface area (Å²) in [4.78, 5) is 0. The lowest BCUT2D eigenvalue weighted by Crippen LogP contribution is -2.18. The van der Waals surface area contributed by atoms with Gasteiger partial charge in [-0.2, -0.15) is 0 Å². The first-order valence-corrected chi connectivity index (χ1v) is 5.66. The summed E-state index contributed by atoms with van der Waals surface area (Å²) in [5.74, 6) is 0.710. The van der Waals surface area contributed by atoms with Crippen LogP contribution in [0.5, 0.6) is 0 Å². The van der Waals surface area contributed by atoms with Gasteiger partial charge in [-0.15, -0.1) is 0 Å². The number of nitrogens with one attached hydrogen (secondary N) is 1. The minimum atomic E-state index is -0.190. The van der Waals surface area contributed by atoms with Crippen molar-refractivity contribution in [3.63, 3.8) is 0 Å². The average molecular weight is 233 g/mol. The van der Waals surface area contributed by atoms with Crippen LogP contribution in [0, 0.1) is 12.7 Å². The fourth-order valence-corrected chi connectivity index (χ4v) is 1.94. The van der Waals surface area contributed by atoms with E-state index in [1.54, 1.807) is 12.3 Å². The summed E-state index contributed by atoms with van der Waals surface area (Å²) in [7, 11) is 1.89. The van der Waals surface area contributed by atoms with E-state index in [2.05, 4.69) is 5.32 Å². The lowest BCUT2D eigenvalue weighted by atomic mass is 10.00. The first-order valence-electron chi connectivity index (χ1n) is 5.66. The Balaban J connectivity index is 2.19. The lowest BCUT2D eigenvalue weighted by molar-refractivity contribution is 0.429. The molecule has 0 saturated carbocycles. The summed E-state index contributed by atoms with van der Waals surface area (Å²) in [5, 5.41) is 3.21. The molecule has 2 aromatic rings. The number of furan rings is 1. The van der Waals surface area contributed by atoms with Crippen molar-refractivity contribution in [2.75, 3.05) is 7.05 Å². The number of hydrogen-bond acceptors (Lipinski definition) is 2. The van der Waals surface area contributed by atoms with E-state index in [1.165, 1.54) is 6.07 Å². The summed E-state index contributed by atoms with van der Waals surface area (Å²) in [5.41, 5.74) is 2.10. The Kier molecular flexibility index (Phi) is 3.59. The van der Waals surface area contributed by atoms with Crippen molar-refractivity contribution in [3.05, 3.63) is 59.3 Å². The molecule has 0 amide bonds. The molecule has 1 unspecified atom stereocenters. The molecule has 2 rings (SSSR count). The molecular formula is C14H16FNO. The number of benzene rings is 1. The smallest absolute Gasteiger partial charge is 0.123 e. The monoisotopic (exact) mass is 233 g/mol. The zero-order valence-electron chi connectivity index (χ0n) is 10.0. The van der Waals surface area contributed by atoms with Gasteiger partial charge < -0.3 is 9.73 Å². The van der Waals surface area contributed by atoms with Gasteiger partial charge in [-0.3, -0.25) is 0 Å². The number of rotatable bonds is 4. The van der Waals surface area contributed by atoms with Crippen molar-refractivity contribution >= 4 is 0 Å². The van der Waals surface area contributed by atoms with Gasteiger partial charge in [0.15, 0.2) is 0 Å². The predicted molar refractivity (Wildman–Crippen MR) is 65.3 cm³/mol. The Hall–Kier alpha value is -1.61. The van der Waals surface area contributed by atoms with E-state index < -0.39 is 0 Å². The van der Waals surface area contributed by atoms with Gasteiger partial charge in [-0.25, -0.2) is 4.39 Å². The Bertz CT molecular complexity index is 479. The van der Waals surface area contributed by atoms with Crippen molar-refractivity contribution in [2.24, 2.45) is 0 Å². The van der Waals surface area contributed by atoms with E-state index in [0.717, 1.165) is 23.3 Å². The fourth-order valence-electron chi connectivity index (χ4n) is 1.94. The molecule has 0 fully saturated rings. The molecule has 0 aliphatic carbocycles. The summed E-state index contributed by atoms with van der Waals surface area (Å²) in [6, 6.07) is 8.82. The maximum absolute atomic E-state index is 13.0. The van der Waals surface area contributed by atoms with Crippen molar-refractivity contribution in [1.29, 1.82) is 0 Å². The first-order chi connectivity index (χ1) is 8.20. The molecule has 2 nitrogen and oxygen atoms in total. The van der Waals surface area contributed by atoms with Gasteiger partial charge in [-0.05, 0) is 55.8 Å². The van der Waals surface area contributed by atoms with Crippen molar-refractivity contribution in [1.82, 2.24) is 5.32 Å². The molecule has 1 aromatic heterocycles. The molecule has 3 heteroatoms. The second kappa shape index (κ2) is 5.15. The first kappa shape index (κ1) is 11.9. The van der Waals surface area contributed by atoms with Gasteiger partial charge in [0, 0.05) is 0 Å². The molecule has 1 aromatic carbocycles. The van der Waals surface area contributed by atoms with Crippen molar-refractivity contribution in [2.45, 2.75) is 19.4 Å². The number of likely N-dealkylation sites (N-methyl/N-ethyl adjacent to an activating group) is 1. The van der Waals surface area contributed by atoms with Crippen LogP contribution in [0.2, 0.25) is 0 Å². The molecule has 1 N–H and O–H groups in total. The van der Waals surface area contributed by atoms with Crippen LogP contribution in [0.15, 0.2) is 41.0 Å². The van der Waals surface area contributed by atoms with Crippen molar-refractivity contribution in [3.8, 4) is 0 Å². The molecule has 1 heterocycles. The molecule has 90 valence electrons. The Morgan fingerprint density at radius 1 is 1.35 bits per heavy atom. The second-order valence-electron chi connectivity index (χ2n) is 4.13.